The standard InChI is InChI=1S/C47H30N4S/c1-4-14-31(15-5-1)32-26-28-33(29-27-32)39-30-40(49-46(48-39)34-16-6-2-7-17-34)36-20-12-24-42-44(36)45-37(21-13-25-43(45)52-42)47-50-38-22-10-11-23-41(38)51(47)35-18-8-3-9-19-35/h1-30H. The maximum atomic E-state index is 5.28. The third-order valence-electron chi connectivity index (χ3n) is 9.66. The Balaban J connectivity index is 1.21. The molecule has 7 aromatic carbocycles. The number of thiophene rings is 1. The van der Waals surface area contributed by atoms with E-state index in [0.29, 0.717) is 5.82 Å². The number of para-hydroxylation sites is 3. The van der Waals surface area contributed by atoms with E-state index in [2.05, 4.69) is 162 Å². The first-order chi connectivity index (χ1) is 25.8. The zero-order valence-electron chi connectivity index (χ0n) is 28.0. The van der Waals surface area contributed by atoms with E-state index in [0.717, 1.165) is 56.2 Å². The van der Waals surface area contributed by atoms with Crippen molar-refractivity contribution in [2.45, 2.75) is 0 Å². The second-order valence-corrected chi connectivity index (χ2v) is 13.9. The second kappa shape index (κ2) is 12.6. The van der Waals surface area contributed by atoms with Crippen molar-refractivity contribution in [1.29, 1.82) is 0 Å². The van der Waals surface area contributed by atoms with Crippen molar-refractivity contribution in [3.05, 3.63) is 182 Å². The highest BCUT2D eigenvalue weighted by Crippen LogP contribution is 2.45. The van der Waals surface area contributed by atoms with E-state index in [1.54, 1.807) is 0 Å². The predicted molar refractivity (Wildman–Crippen MR) is 217 cm³/mol. The number of hydrogen-bond acceptors (Lipinski definition) is 4. The first kappa shape index (κ1) is 30.2. The predicted octanol–water partition coefficient (Wildman–Crippen LogP) is 12.5. The van der Waals surface area contributed by atoms with Crippen LogP contribution in [0.4, 0.5) is 0 Å². The topological polar surface area (TPSA) is 43.6 Å². The molecule has 0 aliphatic heterocycles. The average molecular weight is 683 g/mol. The zero-order valence-corrected chi connectivity index (χ0v) is 28.8. The van der Waals surface area contributed by atoms with Crippen molar-refractivity contribution in [3.8, 4) is 62.1 Å². The molecule has 0 saturated heterocycles. The van der Waals surface area contributed by atoms with Crippen LogP contribution in [-0.4, -0.2) is 19.5 Å². The SMILES string of the molecule is c1ccc(-c2ccc(-c3cc(-c4cccc5sc6cccc(-c7nc8ccccc8n7-c7ccccc7)c6c45)nc(-c4ccccc4)n3)cc2)cc1. The normalized spacial score (nSPS) is 11.5. The second-order valence-electron chi connectivity index (χ2n) is 12.8. The molecule has 10 rings (SSSR count). The van der Waals surface area contributed by atoms with Gasteiger partial charge in [-0.05, 0) is 53.6 Å². The molecule has 0 N–H and O–H groups in total. The Morgan fingerprint density at radius 3 is 1.69 bits per heavy atom. The average Bonchev–Trinajstić information content (AvgIpc) is 3.81. The highest BCUT2D eigenvalue weighted by Gasteiger charge is 2.21. The summed E-state index contributed by atoms with van der Waals surface area (Å²) in [6.07, 6.45) is 0. The Kier molecular flexibility index (Phi) is 7.29. The molecule has 0 saturated carbocycles. The third-order valence-corrected chi connectivity index (χ3v) is 10.8. The van der Waals surface area contributed by atoms with E-state index in [1.807, 2.05) is 35.6 Å². The van der Waals surface area contributed by atoms with E-state index < -0.39 is 0 Å². The molecule has 244 valence electrons. The van der Waals surface area contributed by atoms with Gasteiger partial charge in [-0.25, -0.2) is 15.0 Å². The molecule has 4 nitrogen and oxygen atoms in total. The van der Waals surface area contributed by atoms with Crippen LogP contribution in [0.2, 0.25) is 0 Å². The maximum absolute atomic E-state index is 5.28. The van der Waals surface area contributed by atoms with Crippen molar-refractivity contribution >= 4 is 42.5 Å². The molecule has 0 atom stereocenters. The van der Waals surface area contributed by atoms with Gasteiger partial charge in [0, 0.05) is 48.1 Å². The van der Waals surface area contributed by atoms with Crippen molar-refractivity contribution in [1.82, 2.24) is 19.5 Å². The lowest BCUT2D eigenvalue weighted by Gasteiger charge is -2.13. The van der Waals surface area contributed by atoms with Gasteiger partial charge in [0.1, 0.15) is 5.82 Å². The quantitative estimate of drug-likeness (QED) is 0.175. The first-order valence-corrected chi connectivity index (χ1v) is 18.2. The Morgan fingerprint density at radius 1 is 0.404 bits per heavy atom. The molecule has 0 bridgehead atoms. The van der Waals surface area contributed by atoms with E-state index in [-0.39, 0.29) is 0 Å². The molecule has 5 heteroatoms. The number of benzene rings is 7. The lowest BCUT2D eigenvalue weighted by atomic mass is 9.98. The lowest BCUT2D eigenvalue weighted by Crippen LogP contribution is -1.98. The minimum Gasteiger partial charge on any atom is -0.292 e. The molecule has 0 amide bonds. The minimum absolute atomic E-state index is 0.697. The largest absolute Gasteiger partial charge is 0.292 e. The van der Waals surface area contributed by atoms with E-state index in [1.165, 1.54) is 31.3 Å². The van der Waals surface area contributed by atoms with Gasteiger partial charge in [0.05, 0.1) is 22.4 Å². The lowest BCUT2D eigenvalue weighted by molar-refractivity contribution is 1.11. The van der Waals surface area contributed by atoms with Crippen molar-refractivity contribution in [3.63, 3.8) is 0 Å². The number of imidazole rings is 1. The Labute approximate surface area is 305 Å². The summed E-state index contributed by atoms with van der Waals surface area (Å²) in [6.45, 7) is 0. The van der Waals surface area contributed by atoms with Crippen LogP contribution in [0.15, 0.2) is 182 Å². The fraction of sp³-hybridized carbons (Fsp3) is 0. The van der Waals surface area contributed by atoms with Gasteiger partial charge in [0.25, 0.3) is 0 Å². The van der Waals surface area contributed by atoms with Crippen molar-refractivity contribution < 1.29 is 0 Å². The summed E-state index contributed by atoms with van der Waals surface area (Å²) in [5.74, 6) is 1.61. The van der Waals surface area contributed by atoms with Gasteiger partial charge in [-0.2, -0.15) is 0 Å². The summed E-state index contributed by atoms with van der Waals surface area (Å²) in [5, 5.41) is 2.35. The molecule has 0 aliphatic carbocycles. The summed E-state index contributed by atoms with van der Waals surface area (Å²) in [7, 11) is 0. The molecule has 10 aromatic rings. The van der Waals surface area contributed by atoms with Gasteiger partial charge in [-0.3, -0.25) is 4.57 Å². The highest BCUT2D eigenvalue weighted by molar-refractivity contribution is 7.26. The van der Waals surface area contributed by atoms with E-state index in [9.17, 15) is 0 Å². The fourth-order valence-electron chi connectivity index (χ4n) is 7.22. The molecule has 0 unspecified atom stereocenters. The Hall–Kier alpha value is -6.69. The van der Waals surface area contributed by atoms with Gasteiger partial charge >= 0.3 is 0 Å². The minimum atomic E-state index is 0.697. The number of aromatic nitrogens is 4. The van der Waals surface area contributed by atoms with Gasteiger partial charge in [-0.1, -0.05) is 140 Å². The van der Waals surface area contributed by atoms with Crippen molar-refractivity contribution in [2.75, 3.05) is 0 Å². The molecule has 3 heterocycles. The third kappa shape index (κ3) is 5.18. The molecule has 0 aliphatic rings. The Morgan fingerprint density at radius 2 is 0.962 bits per heavy atom. The zero-order chi connectivity index (χ0) is 34.4. The molecule has 3 aromatic heterocycles. The number of rotatable bonds is 6. The fourth-order valence-corrected chi connectivity index (χ4v) is 8.38. The van der Waals surface area contributed by atoms with Crippen LogP contribution in [0.25, 0.3) is 93.3 Å². The molecule has 52 heavy (non-hydrogen) atoms. The monoisotopic (exact) mass is 682 g/mol. The van der Waals surface area contributed by atoms with Crippen LogP contribution in [-0.2, 0) is 0 Å². The molecule has 0 fully saturated rings. The number of hydrogen-bond donors (Lipinski definition) is 0. The van der Waals surface area contributed by atoms with Crippen LogP contribution in [0.5, 0.6) is 0 Å². The van der Waals surface area contributed by atoms with Gasteiger partial charge in [0.15, 0.2) is 5.82 Å². The molecular weight excluding hydrogens is 653 g/mol. The molecule has 0 radical (unpaired) electrons. The maximum Gasteiger partial charge on any atom is 0.160 e. The van der Waals surface area contributed by atoms with Crippen LogP contribution >= 0.6 is 11.3 Å². The first-order valence-electron chi connectivity index (χ1n) is 17.4. The van der Waals surface area contributed by atoms with E-state index >= 15 is 0 Å². The van der Waals surface area contributed by atoms with Crippen LogP contribution in [0.3, 0.4) is 0 Å². The Bertz CT molecular complexity index is 2880. The summed E-state index contributed by atoms with van der Waals surface area (Å²) in [6, 6.07) is 63.6. The van der Waals surface area contributed by atoms with Gasteiger partial charge in [0.2, 0.25) is 0 Å². The number of nitrogens with zero attached hydrogens (tertiary/aromatic N) is 4. The van der Waals surface area contributed by atoms with Gasteiger partial charge in [-0.15, -0.1) is 11.3 Å². The van der Waals surface area contributed by atoms with Crippen LogP contribution in [0, 0.1) is 0 Å². The van der Waals surface area contributed by atoms with Crippen LogP contribution in [0.1, 0.15) is 0 Å². The highest BCUT2D eigenvalue weighted by atomic mass is 32.1. The number of fused-ring (bicyclic) bond motifs is 4. The molecular formula is C47H30N4S. The summed E-state index contributed by atoms with van der Waals surface area (Å²) in [4.78, 5) is 15.7. The molecule has 0 spiro atoms. The van der Waals surface area contributed by atoms with Crippen LogP contribution < -0.4 is 0 Å². The smallest absolute Gasteiger partial charge is 0.160 e. The van der Waals surface area contributed by atoms with E-state index in [4.69, 9.17) is 15.0 Å². The van der Waals surface area contributed by atoms with Gasteiger partial charge < -0.3 is 0 Å². The summed E-state index contributed by atoms with van der Waals surface area (Å²) in [5.41, 5.74) is 11.4. The van der Waals surface area contributed by atoms with Crippen molar-refractivity contribution in [2.24, 2.45) is 0 Å². The summed E-state index contributed by atoms with van der Waals surface area (Å²) >= 11 is 1.81. The summed E-state index contributed by atoms with van der Waals surface area (Å²) < 4.78 is 4.70.